The Morgan fingerprint density at radius 1 is 1.56 bits per heavy atom. The van der Waals surface area contributed by atoms with Crippen LogP contribution in [0, 0.1) is 0 Å². The van der Waals surface area contributed by atoms with Gasteiger partial charge in [-0.25, -0.2) is 9.59 Å². The molecule has 0 saturated carbocycles. The maximum Gasteiger partial charge on any atom is 0.355 e. The Morgan fingerprint density at radius 3 is 2.94 bits per heavy atom. The molecule has 0 fully saturated rings. The maximum atomic E-state index is 11.2. The first-order chi connectivity index (χ1) is 7.61. The van der Waals surface area contributed by atoms with E-state index >= 15 is 0 Å². The van der Waals surface area contributed by atoms with Gasteiger partial charge in [-0.05, 0) is 13.0 Å². The third-order valence-corrected chi connectivity index (χ3v) is 2.63. The molecule has 1 aromatic heterocycles. The summed E-state index contributed by atoms with van der Waals surface area (Å²) in [6.45, 7) is 4.09. The molecule has 0 aromatic carbocycles. The molecule has 86 valence electrons. The van der Waals surface area contributed by atoms with Gasteiger partial charge in [-0.15, -0.1) is 0 Å². The summed E-state index contributed by atoms with van der Waals surface area (Å²) in [5.41, 5.74) is 0.623. The molecule has 0 bridgehead atoms. The standard InChI is InChI=1S/C10H13N3O3/c1-2-3-13-4-6-7(5-13)11-10(16)12-8(6)9(14)15/h2-5H2,1H3,(H,14,15)(H,11,12,16). The molecule has 0 aliphatic carbocycles. The van der Waals surface area contributed by atoms with E-state index in [0.717, 1.165) is 13.0 Å². The minimum atomic E-state index is -1.14. The highest BCUT2D eigenvalue weighted by Gasteiger charge is 2.26. The fourth-order valence-electron chi connectivity index (χ4n) is 2.00. The van der Waals surface area contributed by atoms with Crippen molar-refractivity contribution in [3.05, 3.63) is 27.4 Å². The summed E-state index contributed by atoms with van der Waals surface area (Å²) in [7, 11) is 0. The van der Waals surface area contributed by atoms with Gasteiger partial charge < -0.3 is 10.1 Å². The van der Waals surface area contributed by atoms with Crippen molar-refractivity contribution >= 4 is 5.97 Å². The van der Waals surface area contributed by atoms with Gasteiger partial charge >= 0.3 is 11.7 Å². The second-order valence-electron chi connectivity index (χ2n) is 3.86. The molecule has 6 heteroatoms. The highest BCUT2D eigenvalue weighted by molar-refractivity contribution is 5.87. The molecule has 6 nitrogen and oxygen atoms in total. The Balaban J connectivity index is 2.40. The van der Waals surface area contributed by atoms with E-state index < -0.39 is 11.7 Å². The number of carbonyl (C=O) groups is 1. The van der Waals surface area contributed by atoms with Gasteiger partial charge in [0.2, 0.25) is 0 Å². The van der Waals surface area contributed by atoms with E-state index in [9.17, 15) is 9.59 Å². The average Bonchev–Trinajstić information content (AvgIpc) is 2.59. The number of hydrogen-bond acceptors (Lipinski definition) is 4. The van der Waals surface area contributed by atoms with E-state index in [1.807, 2.05) is 0 Å². The smallest absolute Gasteiger partial charge is 0.355 e. The van der Waals surface area contributed by atoms with E-state index in [2.05, 4.69) is 21.8 Å². The number of H-pyrrole nitrogens is 1. The summed E-state index contributed by atoms with van der Waals surface area (Å²) in [4.78, 5) is 30.3. The normalized spacial score (nSPS) is 15.1. The molecule has 0 spiro atoms. The molecule has 1 aliphatic heterocycles. The molecule has 2 N–H and O–H groups in total. The van der Waals surface area contributed by atoms with Gasteiger partial charge in [-0.2, -0.15) is 4.98 Å². The topological polar surface area (TPSA) is 86.3 Å². The predicted octanol–water partition coefficient (Wildman–Crippen LogP) is 0.194. The molecule has 2 rings (SSSR count). The van der Waals surface area contributed by atoms with Crippen LogP contribution in [-0.2, 0) is 13.1 Å². The third-order valence-electron chi connectivity index (χ3n) is 2.63. The Bertz CT molecular complexity index is 481. The second-order valence-corrected chi connectivity index (χ2v) is 3.86. The van der Waals surface area contributed by atoms with Crippen LogP contribution in [0.3, 0.4) is 0 Å². The van der Waals surface area contributed by atoms with Crippen LogP contribution < -0.4 is 5.69 Å². The zero-order chi connectivity index (χ0) is 11.7. The lowest BCUT2D eigenvalue weighted by Crippen LogP contribution is -2.19. The van der Waals surface area contributed by atoms with E-state index in [1.54, 1.807) is 0 Å². The van der Waals surface area contributed by atoms with Gasteiger partial charge in [0, 0.05) is 24.3 Å². The van der Waals surface area contributed by atoms with Crippen LogP contribution in [0.15, 0.2) is 4.79 Å². The summed E-state index contributed by atoms with van der Waals surface area (Å²) in [6.07, 6.45) is 0.994. The molecule has 0 atom stereocenters. The Labute approximate surface area is 91.9 Å². The molecule has 0 saturated heterocycles. The number of aromatic amines is 1. The Kier molecular flexibility index (Phi) is 2.74. The van der Waals surface area contributed by atoms with Crippen molar-refractivity contribution in [3.63, 3.8) is 0 Å². The largest absolute Gasteiger partial charge is 0.476 e. The molecule has 1 aliphatic rings. The Morgan fingerprint density at radius 2 is 2.31 bits per heavy atom. The molecule has 16 heavy (non-hydrogen) atoms. The fourth-order valence-corrected chi connectivity index (χ4v) is 2.00. The SMILES string of the molecule is CCCN1Cc2[nH]c(=O)nc(C(=O)O)c2C1. The van der Waals surface area contributed by atoms with Crippen LogP contribution in [0.1, 0.15) is 35.1 Å². The number of carboxylic acid groups (broad SMARTS) is 1. The fraction of sp³-hybridized carbons (Fsp3) is 0.500. The van der Waals surface area contributed by atoms with Crippen molar-refractivity contribution in [2.45, 2.75) is 26.4 Å². The van der Waals surface area contributed by atoms with Crippen LogP contribution in [-0.4, -0.2) is 32.5 Å². The molecular formula is C10H13N3O3. The number of nitrogens with zero attached hydrogens (tertiary/aromatic N) is 2. The van der Waals surface area contributed by atoms with Crippen molar-refractivity contribution in [1.29, 1.82) is 0 Å². The van der Waals surface area contributed by atoms with Gasteiger partial charge in [0.05, 0.1) is 0 Å². The zero-order valence-electron chi connectivity index (χ0n) is 8.99. The summed E-state index contributed by atoms with van der Waals surface area (Å²) < 4.78 is 0. The number of carboxylic acids is 1. The number of hydrogen-bond donors (Lipinski definition) is 2. The van der Waals surface area contributed by atoms with Crippen LogP contribution >= 0.6 is 0 Å². The van der Waals surface area contributed by atoms with Crippen molar-refractivity contribution < 1.29 is 9.90 Å². The molecule has 0 amide bonds. The minimum absolute atomic E-state index is 0.114. The minimum Gasteiger partial charge on any atom is -0.476 e. The first-order valence-corrected chi connectivity index (χ1v) is 5.19. The molecule has 0 unspecified atom stereocenters. The first kappa shape index (κ1) is 10.8. The number of nitrogens with one attached hydrogen (secondary N) is 1. The summed E-state index contributed by atoms with van der Waals surface area (Å²) in [5.74, 6) is -1.14. The van der Waals surface area contributed by atoms with E-state index in [-0.39, 0.29) is 5.69 Å². The highest BCUT2D eigenvalue weighted by atomic mass is 16.4. The third kappa shape index (κ3) is 1.83. The van der Waals surface area contributed by atoms with Gasteiger partial charge in [-0.1, -0.05) is 6.92 Å². The molecule has 1 aromatic rings. The quantitative estimate of drug-likeness (QED) is 0.764. The zero-order valence-corrected chi connectivity index (χ0v) is 8.99. The van der Waals surface area contributed by atoms with E-state index in [4.69, 9.17) is 5.11 Å². The number of rotatable bonds is 3. The van der Waals surface area contributed by atoms with Crippen molar-refractivity contribution in [2.75, 3.05) is 6.54 Å². The van der Waals surface area contributed by atoms with Gasteiger partial charge in [0.25, 0.3) is 0 Å². The lowest BCUT2D eigenvalue weighted by molar-refractivity contribution is 0.0688. The van der Waals surface area contributed by atoms with Crippen LogP contribution in [0.25, 0.3) is 0 Å². The van der Waals surface area contributed by atoms with Gasteiger partial charge in [-0.3, -0.25) is 4.90 Å². The van der Waals surface area contributed by atoms with Crippen LogP contribution in [0.4, 0.5) is 0 Å². The van der Waals surface area contributed by atoms with Crippen LogP contribution in [0.5, 0.6) is 0 Å². The van der Waals surface area contributed by atoms with E-state index in [0.29, 0.717) is 24.3 Å². The van der Waals surface area contributed by atoms with Gasteiger partial charge in [0.1, 0.15) is 0 Å². The number of aromatic nitrogens is 2. The van der Waals surface area contributed by atoms with Crippen molar-refractivity contribution in [1.82, 2.24) is 14.9 Å². The first-order valence-electron chi connectivity index (χ1n) is 5.19. The average molecular weight is 223 g/mol. The van der Waals surface area contributed by atoms with Crippen molar-refractivity contribution in [3.8, 4) is 0 Å². The van der Waals surface area contributed by atoms with Gasteiger partial charge in [0.15, 0.2) is 5.69 Å². The lowest BCUT2D eigenvalue weighted by Gasteiger charge is -2.11. The molecule has 2 heterocycles. The monoisotopic (exact) mass is 223 g/mol. The highest BCUT2D eigenvalue weighted by Crippen LogP contribution is 2.21. The van der Waals surface area contributed by atoms with Crippen LogP contribution in [0.2, 0.25) is 0 Å². The van der Waals surface area contributed by atoms with Crippen molar-refractivity contribution in [2.24, 2.45) is 0 Å². The summed E-state index contributed by atoms with van der Waals surface area (Å²) in [5, 5.41) is 8.96. The van der Waals surface area contributed by atoms with E-state index in [1.165, 1.54) is 0 Å². The maximum absolute atomic E-state index is 11.2. The summed E-state index contributed by atoms with van der Waals surface area (Å²) in [6, 6.07) is 0. The number of aromatic carboxylic acids is 1. The molecular weight excluding hydrogens is 210 g/mol. The Hall–Kier alpha value is -1.69. The predicted molar refractivity (Wildman–Crippen MR) is 56.2 cm³/mol. The summed E-state index contributed by atoms with van der Waals surface area (Å²) >= 11 is 0. The molecule has 0 radical (unpaired) electrons. The lowest BCUT2D eigenvalue weighted by atomic mass is 10.2. The second kappa shape index (κ2) is 4.05. The number of fused-ring (bicyclic) bond motifs is 1.